The van der Waals surface area contributed by atoms with Gasteiger partial charge in [-0.15, -0.1) is 0 Å². The zero-order valence-electron chi connectivity index (χ0n) is 24.5. The van der Waals surface area contributed by atoms with Crippen LogP contribution in [0.2, 0.25) is 0 Å². The van der Waals surface area contributed by atoms with Crippen LogP contribution in [0.25, 0.3) is 0 Å². The molecule has 0 bridgehead atoms. The number of ketones is 1. The molecule has 2 fully saturated rings. The monoisotopic (exact) mass is 569 g/mol. The molecule has 8 nitrogen and oxygen atoms in total. The minimum Gasteiger partial charge on any atom is -0.466 e. The standard InChI is InChI=1S/C32H40FNO7/c1-6-38-30(36)25-19-34(31(37)41-32(3,4)5)18-24(28(25)23-13-10-14-26(33)20(23)2)29(35)21-11-9-12-22(17-21)40-27-15-7-8-16-39-27/h9-14,17,24-25,27-28H,6-8,15-16,18-19H2,1-5H3/t24?,25-,27?,28-/m0/s1. The van der Waals surface area contributed by atoms with Crippen molar-refractivity contribution < 1.29 is 37.7 Å². The molecule has 0 aliphatic carbocycles. The van der Waals surface area contributed by atoms with Crippen LogP contribution >= 0.6 is 0 Å². The van der Waals surface area contributed by atoms with Gasteiger partial charge in [0, 0.05) is 36.9 Å². The molecule has 0 aromatic heterocycles. The number of amides is 1. The summed E-state index contributed by atoms with van der Waals surface area (Å²) in [5, 5.41) is 0. The maximum atomic E-state index is 14.8. The molecule has 0 N–H and O–H groups in total. The fourth-order valence-corrected chi connectivity index (χ4v) is 5.56. The molecule has 0 radical (unpaired) electrons. The Bertz CT molecular complexity index is 1250. The molecule has 4 rings (SSSR count). The quantitative estimate of drug-likeness (QED) is 0.296. The molecule has 2 unspecified atom stereocenters. The second-order valence-corrected chi connectivity index (χ2v) is 11.6. The highest BCUT2D eigenvalue weighted by atomic mass is 19.1. The third-order valence-corrected chi connectivity index (χ3v) is 7.47. The van der Waals surface area contributed by atoms with Crippen molar-refractivity contribution in [1.29, 1.82) is 0 Å². The minimum atomic E-state index is -0.916. The highest BCUT2D eigenvalue weighted by molar-refractivity contribution is 6.00. The van der Waals surface area contributed by atoms with Crippen LogP contribution in [0.4, 0.5) is 9.18 Å². The van der Waals surface area contributed by atoms with Gasteiger partial charge in [-0.05, 0) is 76.8 Å². The molecule has 2 aliphatic heterocycles. The number of Topliss-reactive ketones (excluding diaryl/α,β-unsaturated/α-hetero) is 1. The SMILES string of the molecule is CCOC(=O)[C@H]1CN(C(=O)OC(C)(C)C)CC(C(=O)c2cccc(OC3CCCCO3)c2)[C@@H]1c1cccc(F)c1C. The van der Waals surface area contributed by atoms with Crippen LogP contribution in [-0.2, 0) is 19.0 Å². The summed E-state index contributed by atoms with van der Waals surface area (Å²) in [4.78, 5) is 42.3. The first-order valence-electron chi connectivity index (χ1n) is 14.3. The number of hydrogen-bond acceptors (Lipinski definition) is 7. The van der Waals surface area contributed by atoms with Gasteiger partial charge < -0.3 is 23.8 Å². The van der Waals surface area contributed by atoms with Gasteiger partial charge in [-0.1, -0.05) is 24.3 Å². The number of hydrogen-bond donors (Lipinski definition) is 0. The summed E-state index contributed by atoms with van der Waals surface area (Å²) in [6.07, 6.45) is 1.72. The number of esters is 1. The lowest BCUT2D eigenvalue weighted by molar-refractivity contribution is -0.151. The molecule has 41 heavy (non-hydrogen) atoms. The maximum Gasteiger partial charge on any atom is 0.410 e. The van der Waals surface area contributed by atoms with Gasteiger partial charge in [0.2, 0.25) is 0 Å². The van der Waals surface area contributed by atoms with Crippen LogP contribution < -0.4 is 4.74 Å². The average Bonchev–Trinajstić information content (AvgIpc) is 2.93. The number of nitrogens with zero attached hydrogens (tertiary/aromatic N) is 1. The molecule has 2 aromatic rings. The van der Waals surface area contributed by atoms with Gasteiger partial charge in [0.05, 0.1) is 19.1 Å². The van der Waals surface area contributed by atoms with Gasteiger partial charge in [-0.2, -0.15) is 0 Å². The molecule has 2 heterocycles. The maximum absolute atomic E-state index is 14.8. The van der Waals surface area contributed by atoms with Crippen LogP contribution in [-0.4, -0.2) is 60.9 Å². The van der Waals surface area contributed by atoms with E-state index < -0.39 is 41.2 Å². The molecule has 2 aliphatic rings. The lowest BCUT2D eigenvalue weighted by Crippen LogP contribution is -2.53. The van der Waals surface area contributed by atoms with Gasteiger partial charge >= 0.3 is 12.1 Å². The fraction of sp³-hybridized carbons (Fsp3) is 0.531. The molecule has 2 saturated heterocycles. The van der Waals surface area contributed by atoms with Crippen molar-refractivity contribution >= 4 is 17.8 Å². The molecular weight excluding hydrogens is 529 g/mol. The first-order valence-corrected chi connectivity index (χ1v) is 14.3. The summed E-state index contributed by atoms with van der Waals surface area (Å²) in [7, 11) is 0. The van der Waals surface area contributed by atoms with Crippen LogP contribution in [0.15, 0.2) is 42.5 Å². The Labute approximate surface area is 241 Å². The van der Waals surface area contributed by atoms with E-state index in [0.717, 1.165) is 19.3 Å². The zero-order valence-corrected chi connectivity index (χ0v) is 24.5. The van der Waals surface area contributed by atoms with E-state index in [1.807, 2.05) is 0 Å². The van der Waals surface area contributed by atoms with Crippen molar-refractivity contribution in [2.24, 2.45) is 11.8 Å². The Kier molecular flexibility index (Phi) is 9.68. The van der Waals surface area contributed by atoms with Gasteiger partial charge in [-0.25, -0.2) is 9.18 Å². The summed E-state index contributed by atoms with van der Waals surface area (Å²) in [5.41, 5.74) is 0.463. The Morgan fingerprint density at radius 2 is 1.78 bits per heavy atom. The van der Waals surface area contributed by atoms with Crippen molar-refractivity contribution in [2.75, 3.05) is 26.3 Å². The second kappa shape index (κ2) is 13.0. The first-order chi connectivity index (χ1) is 19.5. The van der Waals surface area contributed by atoms with E-state index in [1.54, 1.807) is 71.0 Å². The molecule has 4 atom stereocenters. The van der Waals surface area contributed by atoms with E-state index in [4.69, 9.17) is 18.9 Å². The molecular formula is C32H40FNO7. The smallest absolute Gasteiger partial charge is 0.410 e. The van der Waals surface area contributed by atoms with Gasteiger partial charge in [-0.3, -0.25) is 9.59 Å². The number of ether oxygens (including phenoxy) is 4. The predicted molar refractivity (Wildman–Crippen MR) is 150 cm³/mol. The van der Waals surface area contributed by atoms with Crippen LogP contribution in [0.1, 0.15) is 74.4 Å². The number of benzene rings is 2. The minimum absolute atomic E-state index is 0.0128. The van der Waals surface area contributed by atoms with E-state index in [2.05, 4.69) is 0 Å². The Hall–Kier alpha value is -3.46. The van der Waals surface area contributed by atoms with E-state index in [-0.39, 0.29) is 31.8 Å². The number of piperidine rings is 1. The van der Waals surface area contributed by atoms with Crippen molar-refractivity contribution in [3.05, 3.63) is 65.0 Å². The van der Waals surface area contributed by atoms with Gasteiger partial charge in [0.15, 0.2) is 12.1 Å². The highest BCUT2D eigenvalue weighted by Gasteiger charge is 2.48. The molecule has 2 aromatic carbocycles. The van der Waals surface area contributed by atoms with Crippen LogP contribution in [0.5, 0.6) is 5.75 Å². The zero-order chi connectivity index (χ0) is 29.7. The summed E-state index contributed by atoms with van der Waals surface area (Å²) >= 11 is 0. The number of rotatable bonds is 7. The molecule has 9 heteroatoms. The fourth-order valence-electron chi connectivity index (χ4n) is 5.56. The van der Waals surface area contributed by atoms with Crippen molar-refractivity contribution in [3.63, 3.8) is 0 Å². The largest absolute Gasteiger partial charge is 0.466 e. The lowest BCUT2D eigenvalue weighted by Gasteiger charge is -2.43. The summed E-state index contributed by atoms with van der Waals surface area (Å²) in [6.45, 7) is 9.28. The van der Waals surface area contributed by atoms with E-state index >= 15 is 0 Å². The van der Waals surface area contributed by atoms with Crippen molar-refractivity contribution in [2.45, 2.75) is 71.7 Å². The van der Waals surface area contributed by atoms with Gasteiger partial charge in [0.25, 0.3) is 0 Å². The summed E-state index contributed by atoms with van der Waals surface area (Å²) < 4.78 is 37.5. The summed E-state index contributed by atoms with van der Waals surface area (Å²) in [6, 6.07) is 11.5. The second-order valence-electron chi connectivity index (χ2n) is 11.6. The van der Waals surface area contributed by atoms with Crippen LogP contribution in [0, 0.1) is 24.6 Å². The molecule has 222 valence electrons. The predicted octanol–water partition coefficient (Wildman–Crippen LogP) is 6.05. The van der Waals surface area contributed by atoms with Gasteiger partial charge in [0.1, 0.15) is 17.2 Å². The third kappa shape index (κ3) is 7.44. The number of halogens is 1. The number of carbonyl (C=O) groups excluding carboxylic acids is 3. The Balaban J connectivity index is 1.75. The molecule has 0 saturated carbocycles. The van der Waals surface area contributed by atoms with Crippen LogP contribution in [0.3, 0.4) is 0 Å². The first kappa shape index (κ1) is 30.5. The third-order valence-electron chi connectivity index (χ3n) is 7.47. The van der Waals surface area contributed by atoms with E-state index in [9.17, 15) is 18.8 Å². The van der Waals surface area contributed by atoms with E-state index in [1.165, 1.54) is 11.0 Å². The summed E-state index contributed by atoms with van der Waals surface area (Å²) in [5.74, 6) is -3.33. The van der Waals surface area contributed by atoms with E-state index in [0.29, 0.717) is 29.0 Å². The Morgan fingerprint density at radius 3 is 2.46 bits per heavy atom. The lowest BCUT2D eigenvalue weighted by atomic mass is 9.70. The molecule has 0 spiro atoms. The topological polar surface area (TPSA) is 91.4 Å². The Morgan fingerprint density at radius 1 is 1.05 bits per heavy atom. The highest BCUT2D eigenvalue weighted by Crippen LogP contribution is 2.42. The molecule has 1 amide bonds. The number of carbonyl (C=O) groups is 3. The number of likely N-dealkylation sites (tertiary alicyclic amines) is 1. The normalized spacial score (nSPS) is 23.0. The van der Waals surface area contributed by atoms with Crippen molar-refractivity contribution in [3.8, 4) is 5.75 Å². The van der Waals surface area contributed by atoms with Crippen molar-refractivity contribution in [1.82, 2.24) is 4.90 Å². The average molecular weight is 570 g/mol.